The topological polar surface area (TPSA) is 29.1 Å². The Bertz CT molecular complexity index is 437. The van der Waals surface area contributed by atoms with Gasteiger partial charge in [0.1, 0.15) is 5.82 Å². The van der Waals surface area contributed by atoms with Crippen LogP contribution in [0.1, 0.15) is 32.1 Å². The summed E-state index contributed by atoms with van der Waals surface area (Å²) in [5.74, 6) is -0.0141. The molecular weight excluding hydrogens is 321 g/mol. The highest BCUT2D eigenvalue weighted by Gasteiger charge is 2.19. The maximum absolute atomic E-state index is 13.0. The van der Waals surface area contributed by atoms with Gasteiger partial charge in [-0.3, -0.25) is 4.79 Å². The number of benzene rings is 1. The molecule has 1 aromatic rings. The van der Waals surface area contributed by atoms with Crippen LogP contribution in [-0.2, 0) is 4.79 Å². The van der Waals surface area contributed by atoms with Gasteiger partial charge in [0.25, 0.3) is 0 Å². The first-order chi connectivity index (χ1) is 8.56. The van der Waals surface area contributed by atoms with Crippen LogP contribution in [0.4, 0.5) is 10.1 Å². The van der Waals surface area contributed by atoms with Crippen molar-refractivity contribution in [3.05, 3.63) is 27.4 Å². The zero-order valence-corrected chi connectivity index (χ0v) is 12.2. The van der Waals surface area contributed by atoms with Crippen molar-refractivity contribution in [2.45, 2.75) is 32.1 Å². The van der Waals surface area contributed by atoms with Crippen molar-refractivity contribution in [3.8, 4) is 0 Å². The minimum Gasteiger partial charge on any atom is -0.324 e. The summed E-state index contributed by atoms with van der Waals surface area (Å²) in [7, 11) is 0. The molecule has 1 aromatic carbocycles. The summed E-state index contributed by atoms with van der Waals surface area (Å²) in [5, 5.41) is 2.96. The monoisotopic (exact) mass is 333 g/mol. The first kappa shape index (κ1) is 13.8. The van der Waals surface area contributed by atoms with Crippen molar-refractivity contribution >= 4 is 39.1 Å². The quantitative estimate of drug-likeness (QED) is 0.848. The Morgan fingerprint density at radius 1 is 1.44 bits per heavy atom. The van der Waals surface area contributed by atoms with Crippen molar-refractivity contribution in [2.24, 2.45) is 5.92 Å². The van der Waals surface area contributed by atoms with Gasteiger partial charge in [0.15, 0.2) is 0 Å². The molecule has 18 heavy (non-hydrogen) atoms. The Kier molecular flexibility index (Phi) is 4.62. The lowest BCUT2D eigenvalue weighted by molar-refractivity contribution is -0.117. The highest BCUT2D eigenvalue weighted by molar-refractivity contribution is 9.10. The molecule has 0 bridgehead atoms. The maximum atomic E-state index is 13.0. The van der Waals surface area contributed by atoms with Gasteiger partial charge in [0.2, 0.25) is 5.91 Å². The molecule has 0 aromatic heterocycles. The van der Waals surface area contributed by atoms with Crippen LogP contribution < -0.4 is 5.32 Å². The number of carbonyl (C=O) groups excluding carboxylic acids is 1. The van der Waals surface area contributed by atoms with Gasteiger partial charge >= 0.3 is 0 Å². The number of carbonyl (C=O) groups is 1. The van der Waals surface area contributed by atoms with Gasteiger partial charge < -0.3 is 5.32 Å². The number of nitrogens with one attached hydrogen (secondary N) is 1. The Balaban J connectivity index is 2.02. The lowest BCUT2D eigenvalue weighted by Gasteiger charge is -2.12. The van der Waals surface area contributed by atoms with Crippen molar-refractivity contribution < 1.29 is 9.18 Å². The van der Waals surface area contributed by atoms with Gasteiger partial charge in [-0.1, -0.05) is 24.4 Å². The van der Waals surface area contributed by atoms with E-state index in [2.05, 4.69) is 21.2 Å². The standard InChI is InChI=1S/C13H14BrClFNO/c14-10-6-9(16)7-11(15)13(10)17-12(18)5-8-3-1-2-4-8/h6-8H,1-5H2,(H,17,18). The predicted molar refractivity (Wildman–Crippen MR) is 74.3 cm³/mol. The van der Waals surface area contributed by atoms with E-state index in [9.17, 15) is 9.18 Å². The molecule has 0 heterocycles. The van der Waals surface area contributed by atoms with Crippen LogP contribution in [0.15, 0.2) is 16.6 Å². The molecule has 5 heteroatoms. The first-order valence-electron chi connectivity index (χ1n) is 6.00. The number of anilines is 1. The fourth-order valence-electron chi connectivity index (χ4n) is 2.33. The molecule has 1 fully saturated rings. The van der Waals surface area contributed by atoms with E-state index in [1.807, 2.05) is 0 Å². The van der Waals surface area contributed by atoms with E-state index in [1.165, 1.54) is 25.0 Å². The van der Waals surface area contributed by atoms with E-state index in [4.69, 9.17) is 11.6 Å². The lowest BCUT2D eigenvalue weighted by atomic mass is 10.0. The molecule has 1 saturated carbocycles. The maximum Gasteiger partial charge on any atom is 0.224 e. The van der Waals surface area contributed by atoms with Crippen LogP contribution in [0.2, 0.25) is 5.02 Å². The molecule has 0 aliphatic heterocycles. The van der Waals surface area contributed by atoms with Crippen LogP contribution in [0.25, 0.3) is 0 Å². The van der Waals surface area contributed by atoms with Gasteiger partial charge in [-0.15, -0.1) is 0 Å². The average Bonchev–Trinajstić information content (AvgIpc) is 2.76. The van der Waals surface area contributed by atoms with Crippen LogP contribution >= 0.6 is 27.5 Å². The van der Waals surface area contributed by atoms with Crippen molar-refractivity contribution in [1.82, 2.24) is 0 Å². The van der Waals surface area contributed by atoms with E-state index in [0.29, 0.717) is 22.5 Å². The molecule has 1 aliphatic rings. The van der Waals surface area contributed by atoms with Gasteiger partial charge in [0, 0.05) is 10.9 Å². The fourth-order valence-corrected chi connectivity index (χ4v) is 3.23. The molecule has 1 amide bonds. The second-order valence-corrected chi connectivity index (χ2v) is 5.91. The molecule has 2 nitrogen and oxygen atoms in total. The van der Waals surface area contributed by atoms with Crippen molar-refractivity contribution in [3.63, 3.8) is 0 Å². The average molecular weight is 335 g/mol. The third-order valence-corrected chi connectivity index (χ3v) is 4.14. The smallest absolute Gasteiger partial charge is 0.224 e. The van der Waals surface area contributed by atoms with E-state index < -0.39 is 5.82 Å². The largest absolute Gasteiger partial charge is 0.324 e. The molecule has 0 radical (unpaired) electrons. The van der Waals surface area contributed by atoms with Gasteiger partial charge in [-0.05, 0) is 46.8 Å². The summed E-state index contributed by atoms with van der Waals surface area (Å²) in [6.07, 6.45) is 5.16. The number of rotatable bonds is 3. The Morgan fingerprint density at radius 2 is 2.11 bits per heavy atom. The third kappa shape index (κ3) is 3.45. The number of halogens is 3. The zero-order chi connectivity index (χ0) is 13.1. The summed E-state index contributed by atoms with van der Waals surface area (Å²) in [4.78, 5) is 11.9. The van der Waals surface area contributed by atoms with Crippen molar-refractivity contribution in [2.75, 3.05) is 5.32 Å². The van der Waals surface area contributed by atoms with E-state index in [-0.39, 0.29) is 10.9 Å². The summed E-state index contributed by atoms with van der Waals surface area (Å²) in [6.45, 7) is 0. The van der Waals surface area contributed by atoms with Crippen LogP contribution in [0.5, 0.6) is 0 Å². The van der Waals surface area contributed by atoms with Crippen LogP contribution in [-0.4, -0.2) is 5.91 Å². The molecular formula is C13H14BrClFNO. The van der Waals surface area contributed by atoms with Gasteiger partial charge in [0.05, 0.1) is 10.7 Å². The second-order valence-electron chi connectivity index (χ2n) is 4.65. The molecule has 1 N–H and O–H groups in total. The molecule has 2 rings (SSSR count). The molecule has 0 atom stereocenters. The fraction of sp³-hybridized carbons (Fsp3) is 0.462. The first-order valence-corrected chi connectivity index (χ1v) is 7.18. The molecule has 0 saturated heterocycles. The predicted octanol–water partition coefficient (Wildman–Crippen LogP) is 4.76. The number of hydrogen-bond donors (Lipinski definition) is 1. The summed E-state index contributed by atoms with van der Waals surface area (Å²) >= 11 is 9.11. The number of amides is 1. The molecule has 0 spiro atoms. The van der Waals surface area contributed by atoms with E-state index in [0.717, 1.165) is 12.8 Å². The molecule has 98 valence electrons. The highest BCUT2D eigenvalue weighted by Crippen LogP contribution is 2.33. The minimum absolute atomic E-state index is 0.0592. The molecule has 1 aliphatic carbocycles. The van der Waals surface area contributed by atoms with Crippen LogP contribution in [0, 0.1) is 11.7 Å². The van der Waals surface area contributed by atoms with Gasteiger partial charge in [-0.2, -0.15) is 0 Å². The summed E-state index contributed by atoms with van der Waals surface area (Å²) in [6, 6.07) is 2.48. The summed E-state index contributed by atoms with van der Waals surface area (Å²) < 4.78 is 13.5. The zero-order valence-electron chi connectivity index (χ0n) is 9.81. The van der Waals surface area contributed by atoms with E-state index in [1.54, 1.807) is 0 Å². The molecule has 0 unspecified atom stereocenters. The summed E-state index contributed by atoms with van der Waals surface area (Å²) in [5.41, 5.74) is 0.445. The Hall–Kier alpha value is -0.610. The van der Waals surface area contributed by atoms with Crippen molar-refractivity contribution in [1.29, 1.82) is 0 Å². The SMILES string of the molecule is O=C(CC1CCCC1)Nc1c(Cl)cc(F)cc1Br. The normalized spacial score (nSPS) is 15.9. The third-order valence-electron chi connectivity index (χ3n) is 3.22. The van der Waals surface area contributed by atoms with Crippen LogP contribution in [0.3, 0.4) is 0 Å². The highest BCUT2D eigenvalue weighted by atomic mass is 79.9. The minimum atomic E-state index is -0.430. The second kappa shape index (κ2) is 6.02. The Labute approximate surface area is 119 Å². The Morgan fingerprint density at radius 3 is 2.72 bits per heavy atom. The van der Waals surface area contributed by atoms with E-state index >= 15 is 0 Å². The van der Waals surface area contributed by atoms with Gasteiger partial charge in [-0.25, -0.2) is 4.39 Å². The number of hydrogen-bond acceptors (Lipinski definition) is 1. The lowest BCUT2D eigenvalue weighted by Crippen LogP contribution is -2.15.